The number of hydrogen-bond donors (Lipinski definition) is 1. The number of ether oxygens (including phenoxy) is 1. The van der Waals surface area contributed by atoms with Crippen LogP contribution in [0.15, 0.2) is 18.2 Å². The van der Waals surface area contributed by atoms with Crippen molar-refractivity contribution in [2.24, 2.45) is 0 Å². The first-order chi connectivity index (χ1) is 10.1. The van der Waals surface area contributed by atoms with Gasteiger partial charge in [0.2, 0.25) is 0 Å². The van der Waals surface area contributed by atoms with Gasteiger partial charge in [-0.15, -0.1) is 0 Å². The number of nitrogens with one attached hydrogen (secondary N) is 1. The maximum absolute atomic E-state index is 12.2. The van der Waals surface area contributed by atoms with E-state index in [1.165, 1.54) is 0 Å². The number of hydrogen-bond acceptors (Lipinski definition) is 3. The van der Waals surface area contributed by atoms with Gasteiger partial charge in [-0.3, -0.25) is 4.79 Å². The van der Waals surface area contributed by atoms with E-state index < -0.39 is 14.4 Å². The molecule has 0 saturated carbocycles. The van der Waals surface area contributed by atoms with E-state index in [0.717, 1.165) is 17.0 Å². The third kappa shape index (κ3) is 3.52. The summed E-state index contributed by atoms with van der Waals surface area (Å²) in [6.45, 7) is 13.6. The highest BCUT2D eigenvalue weighted by atomic mass is 28.4. The van der Waals surface area contributed by atoms with Crippen LogP contribution >= 0.6 is 0 Å². The molecule has 0 radical (unpaired) electrons. The van der Waals surface area contributed by atoms with Crippen molar-refractivity contribution >= 4 is 19.9 Å². The monoisotopic (exact) mass is 321 g/mol. The van der Waals surface area contributed by atoms with E-state index in [1.807, 2.05) is 25.1 Å². The molecule has 1 heterocycles. The first-order valence-corrected chi connectivity index (χ1v) is 10.7. The molecule has 22 heavy (non-hydrogen) atoms. The molecule has 5 heteroatoms. The average molecular weight is 321 g/mol. The second kappa shape index (κ2) is 6.05. The molecule has 122 valence electrons. The van der Waals surface area contributed by atoms with Crippen LogP contribution in [0.25, 0.3) is 0 Å². The SMILES string of the molecule is Cc1cccc2c1NC(=O)C(CCO[Si](C)(C)C(C)(C)C)O2. The Balaban J connectivity index is 1.97. The van der Waals surface area contributed by atoms with Crippen LogP contribution in [-0.2, 0) is 9.22 Å². The molecule has 0 bridgehead atoms. The minimum atomic E-state index is -1.78. The van der Waals surface area contributed by atoms with E-state index in [1.54, 1.807) is 0 Å². The third-order valence-corrected chi connectivity index (χ3v) is 9.23. The molecular formula is C17H27NO3Si. The second-order valence-electron chi connectivity index (χ2n) is 7.44. The summed E-state index contributed by atoms with van der Waals surface area (Å²) in [6.07, 6.45) is 0.102. The van der Waals surface area contributed by atoms with Gasteiger partial charge in [0.05, 0.1) is 5.69 Å². The summed E-state index contributed by atoms with van der Waals surface area (Å²) in [5.74, 6) is 0.664. The summed E-state index contributed by atoms with van der Waals surface area (Å²) in [4.78, 5) is 12.2. The van der Waals surface area contributed by atoms with Crippen LogP contribution in [0.4, 0.5) is 5.69 Å². The lowest BCUT2D eigenvalue weighted by molar-refractivity contribution is -0.124. The molecule has 1 aliphatic rings. The van der Waals surface area contributed by atoms with Crippen molar-refractivity contribution < 1.29 is 14.0 Å². The maximum Gasteiger partial charge on any atom is 0.265 e. The standard InChI is InChI=1S/C17H27NO3Si/c1-12-8-7-9-13-15(12)18-16(19)14(21-13)10-11-20-22(5,6)17(2,3)4/h7-9,14H,10-11H2,1-6H3,(H,18,19). The normalized spacial score (nSPS) is 18.5. The average Bonchev–Trinajstić information content (AvgIpc) is 2.39. The van der Waals surface area contributed by atoms with Gasteiger partial charge < -0.3 is 14.5 Å². The Morgan fingerprint density at radius 1 is 1.32 bits per heavy atom. The number of anilines is 1. The lowest BCUT2D eigenvalue weighted by atomic mass is 10.1. The molecule has 1 atom stereocenters. The van der Waals surface area contributed by atoms with Crippen molar-refractivity contribution in [1.82, 2.24) is 0 Å². The van der Waals surface area contributed by atoms with Crippen LogP contribution in [-0.4, -0.2) is 26.9 Å². The predicted molar refractivity (Wildman–Crippen MR) is 92.0 cm³/mol. The number of carbonyl (C=O) groups excluding carboxylic acids is 1. The van der Waals surface area contributed by atoms with Crippen molar-refractivity contribution in [3.05, 3.63) is 23.8 Å². The smallest absolute Gasteiger partial charge is 0.265 e. The van der Waals surface area contributed by atoms with Gasteiger partial charge >= 0.3 is 0 Å². The molecule has 0 fully saturated rings. The van der Waals surface area contributed by atoms with E-state index in [4.69, 9.17) is 9.16 Å². The molecule has 1 N–H and O–H groups in total. The van der Waals surface area contributed by atoms with E-state index in [2.05, 4.69) is 39.2 Å². The maximum atomic E-state index is 12.2. The summed E-state index contributed by atoms with van der Waals surface area (Å²) in [5.41, 5.74) is 1.80. The molecule has 0 saturated heterocycles. The van der Waals surface area contributed by atoms with Gasteiger partial charge in [0, 0.05) is 13.0 Å². The predicted octanol–water partition coefficient (Wildman–Crippen LogP) is 4.11. The fraction of sp³-hybridized carbons (Fsp3) is 0.588. The van der Waals surface area contributed by atoms with Crippen LogP contribution in [0.3, 0.4) is 0 Å². The Hall–Kier alpha value is -1.33. The zero-order chi connectivity index (χ0) is 16.5. The van der Waals surface area contributed by atoms with Crippen molar-refractivity contribution in [2.75, 3.05) is 11.9 Å². The summed E-state index contributed by atoms with van der Waals surface area (Å²) in [5, 5.41) is 3.12. The Labute approximate surface area is 134 Å². The molecule has 1 aromatic carbocycles. The molecule has 1 amide bonds. The molecule has 0 aromatic heterocycles. The highest BCUT2D eigenvalue weighted by Gasteiger charge is 2.37. The lowest BCUT2D eigenvalue weighted by Crippen LogP contribution is -2.43. The molecular weight excluding hydrogens is 294 g/mol. The third-order valence-electron chi connectivity index (χ3n) is 4.69. The molecule has 2 rings (SSSR count). The van der Waals surface area contributed by atoms with Crippen LogP contribution in [0.2, 0.25) is 18.1 Å². The fourth-order valence-corrected chi connectivity index (χ4v) is 3.20. The topological polar surface area (TPSA) is 47.6 Å². The molecule has 1 unspecified atom stereocenters. The summed E-state index contributed by atoms with van der Waals surface area (Å²) < 4.78 is 12.0. The van der Waals surface area contributed by atoms with Crippen LogP contribution in [0, 0.1) is 6.92 Å². The minimum absolute atomic E-state index is 0.0827. The quantitative estimate of drug-likeness (QED) is 0.849. The van der Waals surface area contributed by atoms with Gasteiger partial charge in [0.1, 0.15) is 5.75 Å². The Morgan fingerprint density at radius 3 is 2.64 bits per heavy atom. The second-order valence-corrected chi connectivity index (χ2v) is 12.3. The first-order valence-electron chi connectivity index (χ1n) is 7.83. The summed E-state index contributed by atoms with van der Waals surface area (Å²) in [7, 11) is -1.78. The first kappa shape index (κ1) is 17.0. The van der Waals surface area contributed by atoms with Gasteiger partial charge in [0.15, 0.2) is 14.4 Å². The zero-order valence-corrected chi connectivity index (χ0v) is 15.4. The molecule has 4 nitrogen and oxygen atoms in total. The summed E-state index contributed by atoms with van der Waals surface area (Å²) >= 11 is 0. The van der Waals surface area contributed by atoms with Crippen molar-refractivity contribution in [2.45, 2.75) is 58.4 Å². The van der Waals surface area contributed by atoms with E-state index in [-0.39, 0.29) is 10.9 Å². The summed E-state index contributed by atoms with van der Waals surface area (Å²) in [6, 6.07) is 5.79. The lowest BCUT2D eigenvalue weighted by Gasteiger charge is -2.36. The number of carbonyl (C=O) groups is 1. The zero-order valence-electron chi connectivity index (χ0n) is 14.4. The minimum Gasteiger partial charge on any atom is -0.478 e. The van der Waals surface area contributed by atoms with Gasteiger partial charge in [-0.25, -0.2) is 0 Å². The molecule has 1 aliphatic heterocycles. The largest absolute Gasteiger partial charge is 0.478 e. The fourth-order valence-electron chi connectivity index (χ4n) is 2.14. The number of para-hydroxylation sites is 1. The molecule has 0 aliphatic carbocycles. The number of rotatable bonds is 4. The van der Waals surface area contributed by atoms with Crippen molar-refractivity contribution in [1.29, 1.82) is 0 Å². The van der Waals surface area contributed by atoms with E-state index >= 15 is 0 Å². The Bertz CT molecular complexity index is 564. The van der Waals surface area contributed by atoms with Crippen molar-refractivity contribution in [3.63, 3.8) is 0 Å². The van der Waals surface area contributed by atoms with Crippen LogP contribution in [0.5, 0.6) is 5.75 Å². The van der Waals surface area contributed by atoms with Crippen LogP contribution in [0.1, 0.15) is 32.8 Å². The Kier molecular flexibility index (Phi) is 4.68. The highest BCUT2D eigenvalue weighted by Crippen LogP contribution is 2.37. The highest BCUT2D eigenvalue weighted by molar-refractivity contribution is 6.74. The van der Waals surface area contributed by atoms with Gasteiger partial charge in [-0.2, -0.15) is 0 Å². The van der Waals surface area contributed by atoms with Gasteiger partial charge in [-0.05, 0) is 36.7 Å². The number of aryl methyl sites for hydroxylation is 1. The van der Waals surface area contributed by atoms with Gasteiger partial charge in [0.25, 0.3) is 5.91 Å². The van der Waals surface area contributed by atoms with E-state index in [9.17, 15) is 4.79 Å². The number of benzene rings is 1. The molecule has 1 aromatic rings. The van der Waals surface area contributed by atoms with Gasteiger partial charge in [-0.1, -0.05) is 32.9 Å². The Morgan fingerprint density at radius 2 is 2.00 bits per heavy atom. The number of amides is 1. The number of fused-ring (bicyclic) bond motifs is 1. The van der Waals surface area contributed by atoms with Crippen LogP contribution < -0.4 is 10.1 Å². The van der Waals surface area contributed by atoms with Crippen molar-refractivity contribution in [3.8, 4) is 5.75 Å². The van der Waals surface area contributed by atoms with E-state index in [0.29, 0.717) is 13.0 Å². The molecule has 0 spiro atoms.